The lowest BCUT2D eigenvalue weighted by Crippen LogP contribution is -2.40. The van der Waals surface area contributed by atoms with Gasteiger partial charge in [-0.25, -0.2) is 19.3 Å². The van der Waals surface area contributed by atoms with Gasteiger partial charge in [-0.15, -0.1) is 0 Å². The molecule has 40 heavy (non-hydrogen) atoms. The Morgan fingerprint density at radius 1 is 1.12 bits per heavy atom. The standard InChI is InChI=1S/C24H20F3N9O4/c1-12-15(24(25,26)27)7-14(8-28-12)16-5-4-6-17(31-16)32-18(37)9-35-11-29-21-20(35)22(38)36(23(39)34(21)3)10-19-30-13(2)33-40-19/h4-8,11H,9-10H2,1-3H3,(H,31,32,37). The van der Waals surface area contributed by atoms with Crippen LogP contribution in [0.1, 0.15) is 23.0 Å². The summed E-state index contributed by atoms with van der Waals surface area (Å²) in [6.45, 7) is 2.20. The van der Waals surface area contributed by atoms with Gasteiger partial charge in [-0.2, -0.15) is 18.2 Å². The normalized spacial score (nSPS) is 11.8. The number of nitrogens with one attached hydrogen (secondary N) is 1. The van der Waals surface area contributed by atoms with E-state index in [0.717, 1.165) is 15.2 Å². The van der Waals surface area contributed by atoms with Crippen molar-refractivity contribution in [2.45, 2.75) is 33.1 Å². The van der Waals surface area contributed by atoms with Gasteiger partial charge in [0.25, 0.3) is 5.56 Å². The minimum atomic E-state index is -4.58. The lowest BCUT2D eigenvalue weighted by atomic mass is 10.1. The molecule has 5 rings (SSSR count). The summed E-state index contributed by atoms with van der Waals surface area (Å²) in [5, 5.41) is 6.21. The SMILES string of the molecule is Cc1noc(Cn2c(=O)c3c(ncn3CC(=O)Nc3cccc(-c4cnc(C)c(C(F)(F)F)c4)n3)n(C)c2=O)n1. The lowest BCUT2D eigenvalue weighted by molar-refractivity contribution is -0.138. The number of hydrogen-bond donors (Lipinski definition) is 1. The van der Waals surface area contributed by atoms with Crippen molar-refractivity contribution < 1.29 is 22.5 Å². The fourth-order valence-corrected chi connectivity index (χ4v) is 4.08. The number of fused-ring (bicyclic) bond motifs is 1. The van der Waals surface area contributed by atoms with E-state index in [9.17, 15) is 27.6 Å². The second-order valence-electron chi connectivity index (χ2n) is 8.82. The molecule has 0 aromatic carbocycles. The predicted molar refractivity (Wildman–Crippen MR) is 133 cm³/mol. The number of hydrogen-bond acceptors (Lipinski definition) is 9. The summed E-state index contributed by atoms with van der Waals surface area (Å²) in [5.74, 6) is -0.149. The number of rotatable bonds is 6. The molecule has 0 saturated heterocycles. The quantitative estimate of drug-likeness (QED) is 0.331. The zero-order chi connectivity index (χ0) is 28.8. The third-order valence-electron chi connectivity index (χ3n) is 5.98. The molecule has 16 heteroatoms. The van der Waals surface area contributed by atoms with Gasteiger partial charge in [-0.1, -0.05) is 11.2 Å². The number of imidazole rings is 1. The van der Waals surface area contributed by atoms with Crippen LogP contribution in [0.4, 0.5) is 19.0 Å². The van der Waals surface area contributed by atoms with Crippen LogP contribution in [0, 0.1) is 13.8 Å². The van der Waals surface area contributed by atoms with Crippen molar-refractivity contribution in [2.24, 2.45) is 7.05 Å². The molecule has 0 atom stereocenters. The largest absolute Gasteiger partial charge is 0.418 e. The van der Waals surface area contributed by atoms with Crippen LogP contribution in [0.2, 0.25) is 0 Å². The highest BCUT2D eigenvalue weighted by atomic mass is 19.4. The maximum absolute atomic E-state index is 13.3. The average molecular weight is 555 g/mol. The van der Waals surface area contributed by atoms with Gasteiger partial charge in [0.2, 0.25) is 11.8 Å². The summed E-state index contributed by atoms with van der Waals surface area (Å²) in [4.78, 5) is 55.0. The molecule has 0 spiro atoms. The fourth-order valence-electron chi connectivity index (χ4n) is 4.08. The summed E-state index contributed by atoms with van der Waals surface area (Å²) in [6, 6.07) is 5.41. The van der Waals surface area contributed by atoms with Crippen molar-refractivity contribution in [2.75, 3.05) is 5.32 Å². The number of carbonyl (C=O) groups is 1. The number of pyridine rings is 2. The Balaban J connectivity index is 1.41. The minimum absolute atomic E-state index is 0.0133. The number of aromatic nitrogens is 8. The molecule has 0 aliphatic rings. The summed E-state index contributed by atoms with van der Waals surface area (Å²) >= 11 is 0. The number of halogens is 3. The zero-order valence-electron chi connectivity index (χ0n) is 21.2. The van der Waals surface area contributed by atoms with E-state index in [2.05, 4.69) is 30.4 Å². The topological polar surface area (TPSA) is 156 Å². The minimum Gasteiger partial charge on any atom is -0.337 e. The second kappa shape index (κ2) is 9.87. The molecule has 5 heterocycles. The molecular formula is C24H20F3N9O4. The Bertz CT molecular complexity index is 1890. The van der Waals surface area contributed by atoms with Crippen LogP contribution >= 0.6 is 0 Å². The highest BCUT2D eigenvalue weighted by Gasteiger charge is 2.33. The first-order valence-corrected chi connectivity index (χ1v) is 11.7. The Morgan fingerprint density at radius 3 is 2.60 bits per heavy atom. The maximum Gasteiger partial charge on any atom is 0.418 e. The van der Waals surface area contributed by atoms with E-state index in [4.69, 9.17) is 4.52 Å². The van der Waals surface area contributed by atoms with E-state index in [0.29, 0.717) is 5.82 Å². The van der Waals surface area contributed by atoms with Gasteiger partial charge >= 0.3 is 11.9 Å². The van der Waals surface area contributed by atoms with Gasteiger partial charge in [-0.05, 0) is 32.0 Å². The predicted octanol–water partition coefficient (Wildman–Crippen LogP) is 2.06. The van der Waals surface area contributed by atoms with Gasteiger partial charge in [0.15, 0.2) is 17.0 Å². The first-order chi connectivity index (χ1) is 18.9. The fraction of sp³-hybridized carbons (Fsp3) is 0.250. The second-order valence-corrected chi connectivity index (χ2v) is 8.82. The van der Waals surface area contributed by atoms with Gasteiger partial charge < -0.3 is 14.4 Å². The highest BCUT2D eigenvalue weighted by molar-refractivity contribution is 5.90. The molecule has 0 aliphatic heterocycles. The molecule has 13 nitrogen and oxygen atoms in total. The van der Waals surface area contributed by atoms with Gasteiger partial charge in [0.05, 0.1) is 17.6 Å². The van der Waals surface area contributed by atoms with Crippen molar-refractivity contribution >= 4 is 22.9 Å². The van der Waals surface area contributed by atoms with E-state index in [1.54, 1.807) is 6.92 Å². The molecule has 5 aromatic heterocycles. The van der Waals surface area contributed by atoms with E-state index < -0.39 is 28.9 Å². The zero-order valence-corrected chi connectivity index (χ0v) is 21.2. The first kappa shape index (κ1) is 26.5. The van der Waals surface area contributed by atoms with Crippen LogP contribution < -0.4 is 16.6 Å². The summed E-state index contributed by atoms with van der Waals surface area (Å²) in [6.07, 6.45) is -2.08. The van der Waals surface area contributed by atoms with Crippen LogP contribution in [0.15, 0.2) is 50.9 Å². The molecule has 0 radical (unpaired) electrons. The summed E-state index contributed by atoms with van der Waals surface area (Å²) in [5.41, 5.74) is -2.10. The Kier molecular flexibility index (Phi) is 6.53. The van der Waals surface area contributed by atoms with Crippen molar-refractivity contribution in [1.82, 2.24) is 38.8 Å². The Hall–Kier alpha value is -5.15. The van der Waals surface area contributed by atoms with Crippen LogP contribution in [0.25, 0.3) is 22.4 Å². The third-order valence-corrected chi connectivity index (χ3v) is 5.98. The molecule has 206 valence electrons. The van der Waals surface area contributed by atoms with Gasteiger partial charge in [0.1, 0.15) is 18.9 Å². The monoisotopic (exact) mass is 555 g/mol. The molecule has 0 saturated carbocycles. The van der Waals surface area contributed by atoms with E-state index in [-0.39, 0.29) is 52.9 Å². The van der Waals surface area contributed by atoms with Gasteiger partial charge in [0, 0.05) is 24.5 Å². The van der Waals surface area contributed by atoms with Crippen molar-refractivity contribution in [3.05, 3.63) is 80.6 Å². The molecule has 1 N–H and O–H groups in total. The number of amides is 1. The van der Waals surface area contributed by atoms with Crippen LogP contribution in [-0.2, 0) is 31.1 Å². The molecule has 1 amide bonds. The molecule has 0 aliphatic carbocycles. The van der Waals surface area contributed by atoms with Gasteiger partial charge in [-0.3, -0.25) is 19.1 Å². The van der Waals surface area contributed by atoms with E-state index in [1.807, 2.05) is 0 Å². The molecule has 0 bridgehead atoms. The van der Waals surface area contributed by atoms with Crippen molar-refractivity contribution in [3.8, 4) is 11.3 Å². The van der Waals surface area contributed by atoms with Crippen molar-refractivity contribution in [3.63, 3.8) is 0 Å². The first-order valence-electron chi connectivity index (χ1n) is 11.7. The maximum atomic E-state index is 13.3. The molecular weight excluding hydrogens is 535 g/mol. The summed E-state index contributed by atoms with van der Waals surface area (Å²) in [7, 11) is 1.43. The number of aryl methyl sites for hydroxylation is 3. The number of carbonyl (C=O) groups excluding carboxylic acids is 1. The summed E-state index contributed by atoms with van der Waals surface area (Å²) < 4.78 is 48.3. The third kappa shape index (κ3) is 4.97. The number of alkyl halides is 3. The average Bonchev–Trinajstić information content (AvgIpc) is 3.51. The number of nitrogens with zero attached hydrogens (tertiary/aromatic N) is 8. The van der Waals surface area contributed by atoms with E-state index in [1.165, 1.54) is 49.3 Å². The molecule has 0 unspecified atom stereocenters. The lowest BCUT2D eigenvalue weighted by Gasteiger charge is -2.12. The Morgan fingerprint density at radius 2 is 1.90 bits per heavy atom. The van der Waals surface area contributed by atoms with Crippen LogP contribution in [-0.4, -0.2) is 44.7 Å². The van der Waals surface area contributed by atoms with Crippen LogP contribution in [0.3, 0.4) is 0 Å². The highest BCUT2D eigenvalue weighted by Crippen LogP contribution is 2.33. The van der Waals surface area contributed by atoms with E-state index >= 15 is 0 Å². The molecule has 0 fully saturated rings. The smallest absolute Gasteiger partial charge is 0.337 e. The number of anilines is 1. The van der Waals surface area contributed by atoms with Crippen molar-refractivity contribution in [1.29, 1.82) is 0 Å². The molecule has 5 aromatic rings. The Labute approximate surface area is 221 Å². The van der Waals surface area contributed by atoms with Crippen LogP contribution in [0.5, 0.6) is 0 Å².